The van der Waals surface area contributed by atoms with Gasteiger partial charge in [-0.3, -0.25) is 4.52 Å². The van der Waals surface area contributed by atoms with Gasteiger partial charge in [-0.05, 0) is 30.2 Å². The second kappa shape index (κ2) is 22.5. The van der Waals surface area contributed by atoms with Gasteiger partial charge in [0.25, 0.3) is 0 Å². The van der Waals surface area contributed by atoms with Gasteiger partial charge in [0.15, 0.2) is 0 Å². The number of nitriles is 1. The summed E-state index contributed by atoms with van der Waals surface area (Å²) < 4.78 is 40.6. The maximum atomic E-state index is 13.5. The van der Waals surface area contributed by atoms with Gasteiger partial charge in [0.2, 0.25) is 0 Å². The molecule has 0 aliphatic heterocycles. The van der Waals surface area contributed by atoms with E-state index in [9.17, 15) is 8.96 Å². The van der Waals surface area contributed by atoms with Crippen LogP contribution in [0.25, 0.3) is 0 Å². The van der Waals surface area contributed by atoms with E-state index in [1.165, 1.54) is 95.6 Å². The van der Waals surface area contributed by atoms with E-state index in [0.717, 1.165) is 25.3 Å². The Labute approximate surface area is 229 Å². The third-order valence-corrected chi connectivity index (χ3v) is 6.96. The molecule has 0 aliphatic rings. The minimum absolute atomic E-state index is 0.0174. The van der Waals surface area contributed by atoms with Crippen molar-refractivity contribution in [3.8, 4) is 6.07 Å². The summed E-state index contributed by atoms with van der Waals surface area (Å²) in [6, 6.07) is 5.73. The van der Waals surface area contributed by atoms with E-state index in [2.05, 4.69) is 6.92 Å². The second-order valence-corrected chi connectivity index (χ2v) is 11.3. The van der Waals surface area contributed by atoms with E-state index in [4.69, 9.17) is 29.0 Å². The summed E-state index contributed by atoms with van der Waals surface area (Å²) in [5.41, 5.74) is 0.624. The highest BCUT2D eigenvalue weighted by Crippen LogP contribution is 2.37. The molecule has 0 aromatic heterocycles. The number of ether oxygens (including phenoxy) is 2. The van der Waals surface area contributed by atoms with E-state index in [1.54, 1.807) is 0 Å². The van der Waals surface area contributed by atoms with Crippen molar-refractivity contribution in [2.75, 3.05) is 19.8 Å². The Morgan fingerprint density at radius 3 is 1.82 bits per heavy atom. The zero-order chi connectivity index (χ0) is 27.9. The summed E-state index contributed by atoms with van der Waals surface area (Å²) in [7, 11) is -4.71. The summed E-state index contributed by atoms with van der Waals surface area (Å²) in [5, 5.41) is 8.93. The van der Waals surface area contributed by atoms with Crippen LogP contribution in [0.1, 0.15) is 121 Å². The van der Waals surface area contributed by atoms with E-state index >= 15 is 0 Å². The van der Waals surface area contributed by atoms with Crippen LogP contribution < -0.4 is 0 Å². The van der Waals surface area contributed by atoms with Gasteiger partial charge < -0.3 is 19.3 Å². The molecule has 0 heterocycles. The molecule has 0 saturated heterocycles. The molecule has 0 saturated carbocycles. The Kier molecular flexibility index (Phi) is 20.5. The maximum Gasteiger partial charge on any atom is 0.470 e. The van der Waals surface area contributed by atoms with E-state index in [0.29, 0.717) is 12.2 Å². The standard InChI is InChI=1S/C29H49FNO6P/c1-2-3-4-5-6-7-8-9-10-11-12-13-14-15-16-17-18-35-24-29(37-38(32,33)34)25-36-23-27-19-26(22-31)20-28(30)21-27/h19-21,29H,2-18,23-25H2,1H3,(H2,32,33,34)/t29-/m1/s1. The van der Waals surface area contributed by atoms with Gasteiger partial charge in [-0.25, -0.2) is 8.96 Å². The van der Waals surface area contributed by atoms with Gasteiger partial charge in [0, 0.05) is 6.61 Å². The van der Waals surface area contributed by atoms with Gasteiger partial charge in [0.05, 0.1) is 31.5 Å². The molecule has 1 aromatic rings. The monoisotopic (exact) mass is 557 g/mol. The molecule has 7 nitrogen and oxygen atoms in total. The molecule has 9 heteroatoms. The van der Waals surface area contributed by atoms with Crippen molar-refractivity contribution >= 4 is 7.82 Å². The fourth-order valence-electron chi connectivity index (χ4n) is 4.38. The van der Waals surface area contributed by atoms with Crippen LogP contribution in [0.2, 0.25) is 0 Å². The Balaban J connectivity index is 2.05. The number of hydrogen-bond acceptors (Lipinski definition) is 5. The van der Waals surface area contributed by atoms with Crippen LogP contribution in [0.4, 0.5) is 4.39 Å². The molecule has 0 amide bonds. The third kappa shape index (κ3) is 20.6. The highest BCUT2D eigenvalue weighted by molar-refractivity contribution is 7.46. The maximum absolute atomic E-state index is 13.5. The van der Waals surface area contributed by atoms with Crippen molar-refractivity contribution in [1.82, 2.24) is 0 Å². The fourth-order valence-corrected chi connectivity index (χ4v) is 4.89. The van der Waals surface area contributed by atoms with Crippen LogP contribution in [0.3, 0.4) is 0 Å². The van der Waals surface area contributed by atoms with Crippen LogP contribution in [-0.2, 0) is 25.2 Å². The van der Waals surface area contributed by atoms with Gasteiger partial charge in [-0.15, -0.1) is 0 Å². The number of hydrogen-bond donors (Lipinski definition) is 2. The van der Waals surface area contributed by atoms with Crippen molar-refractivity contribution in [3.05, 3.63) is 35.1 Å². The molecule has 0 radical (unpaired) electrons. The molecule has 1 atom stereocenters. The predicted octanol–water partition coefficient (Wildman–Crippen LogP) is 7.97. The number of benzene rings is 1. The summed E-state index contributed by atoms with van der Waals surface area (Å²) in [6.45, 7) is 2.56. The van der Waals surface area contributed by atoms with Crippen LogP contribution >= 0.6 is 7.82 Å². The summed E-state index contributed by atoms with van der Waals surface area (Å²) in [4.78, 5) is 18.3. The number of halogens is 1. The van der Waals surface area contributed by atoms with Crippen LogP contribution in [-0.4, -0.2) is 35.7 Å². The molecular weight excluding hydrogens is 508 g/mol. The van der Waals surface area contributed by atoms with Crippen molar-refractivity contribution in [2.45, 2.75) is 122 Å². The highest BCUT2D eigenvalue weighted by Gasteiger charge is 2.23. The van der Waals surface area contributed by atoms with Gasteiger partial charge in [0.1, 0.15) is 11.9 Å². The molecule has 0 bridgehead atoms. The SMILES string of the molecule is CCCCCCCCCCCCCCCCCCOC[C@H](COCc1cc(F)cc(C#N)c1)OP(=O)(O)O. The molecule has 38 heavy (non-hydrogen) atoms. The first-order chi connectivity index (χ1) is 18.3. The predicted molar refractivity (Wildman–Crippen MR) is 148 cm³/mol. The Morgan fingerprint density at radius 1 is 0.816 bits per heavy atom. The first-order valence-electron chi connectivity index (χ1n) is 14.4. The van der Waals surface area contributed by atoms with Crippen molar-refractivity contribution in [3.63, 3.8) is 0 Å². The molecule has 1 rings (SSSR count). The molecule has 0 spiro atoms. The largest absolute Gasteiger partial charge is 0.470 e. The number of phosphoric ester groups is 1. The van der Waals surface area contributed by atoms with Crippen molar-refractivity contribution < 1.29 is 32.7 Å². The lowest BCUT2D eigenvalue weighted by Crippen LogP contribution is -2.25. The topological polar surface area (TPSA) is 109 Å². The average Bonchev–Trinajstić information content (AvgIpc) is 2.86. The summed E-state index contributed by atoms with van der Waals surface area (Å²) >= 11 is 0. The molecular formula is C29H49FNO6P. The highest BCUT2D eigenvalue weighted by atomic mass is 31.2. The number of rotatable bonds is 25. The minimum Gasteiger partial charge on any atom is -0.379 e. The average molecular weight is 558 g/mol. The van der Waals surface area contributed by atoms with Crippen molar-refractivity contribution in [1.29, 1.82) is 5.26 Å². The quantitative estimate of drug-likeness (QED) is 0.0927. The molecule has 218 valence electrons. The smallest absolute Gasteiger partial charge is 0.379 e. The zero-order valence-electron chi connectivity index (χ0n) is 23.3. The summed E-state index contributed by atoms with van der Waals surface area (Å²) in [5.74, 6) is -0.548. The lowest BCUT2D eigenvalue weighted by molar-refractivity contribution is -0.0231. The number of nitrogens with zero attached hydrogens (tertiary/aromatic N) is 1. The molecule has 0 fully saturated rings. The zero-order valence-corrected chi connectivity index (χ0v) is 24.1. The number of unbranched alkanes of at least 4 members (excludes halogenated alkanes) is 15. The van der Waals surface area contributed by atoms with Crippen LogP contribution in [0, 0.1) is 17.1 Å². The first kappa shape index (κ1) is 34.7. The van der Waals surface area contributed by atoms with Gasteiger partial charge in [-0.1, -0.05) is 103 Å². The molecule has 0 aliphatic carbocycles. The Bertz CT molecular complexity index is 813. The second-order valence-electron chi connectivity index (χ2n) is 10.1. The summed E-state index contributed by atoms with van der Waals surface area (Å²) in [6.07, 6.45) is 19.7. The lowest BCUT2D eigenvalue weighted by Gasteiger charge is -2.18. The van der Waals surface area contributed by atoms with Crippen LogP contribution in [0.5, 0.6) is 0 Å². The van der Waals surface area contributed by atoms with E-state index < -0.39 is 19.7 Å². The van der Waals surface area contributed by atoms with Gasteiger partial charge >= 0.3 is 7.82 Å². The van der Waals surface area contributed by atoms with Crippen LogP contribution in [0.15, 0.2) is 18.2 Å². The molecule has 0 unspecified atom stereocenters. The molecule has 1 aromatic carbocycles. The van der Waals surface area contributed by atoms with E-state index in [-0.39, 0.29) is 25.4 Å². The van der Waals surface area contributed by atoms with Gasteiger partial charge in [-0.2, -0.15) is 5.26 Å². The Morgan fingerprint density at radius 2 is 1.32 bits per heavy atom. The Hall–Kier alpha value is -1.33. The third-order valence-electron chi connectivity index (χ3n) is 6.39. The fraction of sp³-hybridized carbons (Fsp3) is 0.759. The number of phosphoric acid groups is 1. The van der Waals surface area contributed by atoms with E-state index in [1.807, 2.05) is 6.07 Å². The normalized spacial score (nSPS) is 12.5. The first-order valence-corrected chi connectivity index (χ1v) is 16.0. The van der Waals surface area contributed by atoms with Crippen molar-refractivity contribution in [2.24, 2.45) is 0 Å². The molecule has 2 N–H and O–H groups in total. The minimum atomic E-state index is -4.71. The lowest BCUT2D eigenvalue weighted by atomic mass is 10.0.